The van der Waals surface area contributed by atoms with Crippen molar-refractivity contribution >= 4 is 11.5 Å². The van der Waals surface area contributed by atoms with Crippen molar-refractivity contribution in [1.29, 1.82) is 0 Å². The van der Waals surface area contributed by atoms with Crippen LogP contribution in [0, 0.1) is 18.8 Å². The largest absolute Gasteiger partial charge is 0.489 e. The summed E-state index contributed by atoms with van der Waals surface area (Å²) in [5, 5.41) is 0. The van der Waals surface area contributed by atoms with E-state index in [4.69, 9.17) is 9.47 Å². The van der Waals surface area contributed by atoms with Gasteiger partial charge in [-0.1, -0.05) is 36.1 Å². The van der Waals surface area contributed by atoms with Gasteiger partial charge in [-0.2, -0.15) is 13.2 Å². The highest BCUT2D eigenvalue weighted by molar-refractivity contribution is 5.80. The number of likely N-dealkylation sites (tertiary alicyclic amines) is 1. The summed E-state index contributed by atoms with van der Waals surface area (Å²) in [7, 11) is 1.29. The number of rotatable bonds is 9. The molecule has 1 heterocycles. The van der Waals surface area contributed by atoms with Gasteiger partial charge in [-0.05, 0) is 104 Å². The summed E-state index contributed by atoms with van der Waals surface area (Å²) in [4.78, 5) is 13.7. The lowest BCUT2D eigenvalue weighted by Gasteiger charge is -2.13. The molecule has 0 saturated carbocycles. The van der Waals surface area contributed by atoms with Crippen LogP contribution >= 0.6 is 0 Å². The molecule has 1 aliphatic rings. The first-order chi connectivity index (χ1) is 19.7. The average molecular weight is 564 g/mol. The third-order valence-corrected chi connectivity index (χ3v) is 6.71. The molecule has 0 bridgehead atoms. The molecule has 0 aliphatic carbocycles. The smallest absolute Gasteiger partial charge is 0.416 e. The zero-order valence-electron chi connectivity index (χ0n) is 23.1. The Bertz CT molecular complexity index is 1410. The number of hydrogen-bond donors (Lipinski definition) is 0. The van der Waals surface area contributed by atoms with Crippen molar-refractivity contribution in [1.82, 2.24) is 4.90 Å². The molecule has 0 unspecified atom stereocenters. The number of benzene rings is 3. The Morgan fingerprint density at radius 2 is 1.61 bits per heavy atom. The third-order valence-electron chi connectivity index (χ3n) is 6.71. The first kappa shape index (κ1) is 29.8. The van der Waals surface area contributed by atoms with Gasteiger partial charge in [0.15, 0.2) is 6.61 Å². The number of esters is 1. The van der Waals surface area contributed by atoms with Gasteiger partial charge < -0.3 is 14.2 Å². The van der Waals surface area contributed by atoms with E-state index in [2.05, 4.69) is 21.5 Å². The van der Waals surface area contributed by atoms with Crippen molar-refractivity contribution in [3.63, 3.8) is 0 Å². The number of nitrogens with zero attached hydrogens (tertiary/aromatic N) is 1. The van der Waals surface area contributed by atoms with E-state index in [1.807, 2.05) is 37.3 Å². The number of carbonyl (C=O) groups excluding carboxylic acids is 1. The fourth-order valence-corrected chi connectivity index (χ4v) is 4.46. The molecule has 5 nitrogen and oxygen atoms in total. The van der Waals surface area contributed by atoms with E-state index in [1.165, 1.54) is 32.1 Å². The lowest BCUT2D eigenvalue weighted by atomic mass is 9.96. The average Bonchev–Trinajstić information content (AvgIpc) is 3.48. The molecule has 1 fully saturated rings. The minimum atomic E-state index is -4.41. The van der Waals surface area contributed by atoms with Crippen LogP contribution in [0.4, 0.5) is 13.2 Å². The van der Waals surface area contributed by atoms with Gasteiger partial charge >= 0.3 is 12.1 Å². The van der Waals surface area contributed by atoms with Crippen molar-refractivity contribution in [3.05, 3.63) is 101 Å². The lowest BCUT2D eigenvalue weighted by molar-refractivity contribution is -0.143. The van der Waals surface area contributed by atoms with Gasteiger partial charge in [0.1, 0.15) is 18.1 Å². The van der Waals surface area contributed by atoms with Crippen molar-refractivity contribution in [2.75, 3.05) is 40.0 Å². The molecule has 41 heavy (non-hydrogen) atoms. The molecule has 1 aliphatic heterocycles. The number of aryl methyl sites for hydroxylation is 1. The molecule has 0 amide bonds. The van der Waals surface area contributed by atoms with Gasteiger partial charge in [0, 0.05) is 5.56 Å². The van der Waals surface area contributed by atoms with E-state index in [9.17, 15) is 18.0 Å². The minimum absolute atomic E-state index is 0.176. The molecule has 4 rings (SSSR count). The molecule has 3 aromatic carbocycles. The quantitative estimate of drug-likeness (QED) is 0.219. The minimum Gasteiger partial charge on any atom is -0.489 e. The van der Waals surface area contributed by atoms with Gasteiger partial charge in [-0.25, -0.2) is 4.79 Å². The Kier molecular flexibility index (Phi) is 10.1. The SMILES string of the molecule is COC(=O)COc1ccc(OC/C=C(\c2ccc(C#CCN3CCCC3)cc2)c2ccc(C(F)(F)F)cc2)cc1C. The number of hydrogen-bond acceptors (Lipinski definition) is 5. The highest BCUT2D eigenvalue weighted by atomic mass is 19.4. The summed E-state index contributed by atoms with van der Waals surface area (Å²) in [6.07, 6.45) is -0.135. The number of carbonyl (C=O) groups is 1. The second-order valence-corrected chi connectivity index (χ2v) is 9.66. The number of methoxy groups -OCH3 is 1. The fraction of sp³-hybridized carbons (Fsp3) is 0.303. The predicted molar refractivity (Wildman–Crippen MR) is 152 cm³/mol. The Balaban J connectivity index is 1.51. The van der Waals surface area contributed by atoms with Crippen molar-refractivity contribution in [2.45, 2.75) is 25.9 Å². The van der Waals surface area contributed by atoms with Gasteiger partial charge in [0.2, 0.25) is 0 Å². The van der Waals surface area contributed by atoms with E-state index in [0.29, 0.717) is 17.1 Å². The van der Waals surface area contributed by atoms with Crippen LogP contribution in [0.2, 0.25) is 0 Å². The molecule has 214 valence electrons. The topological polar surface area (TPSA) is 48.0 Å². The number of halogens is 3. The third kappa shape index (κ3) is 8.63. The second kappa shape index (κ2) is 13.9. The molecule has 3 aromatic rings. The van der Waals surface area contributed by atoms with Crippen molar-refractivity contribution < 1.29 is 32.2 Å². The molecule has 0 radical (unpaired) electrons. The number of ether oxygens (including phenoxy) is 3. The Morgan fingerprint density at radius 1 is 0.951 bits per heavy atom. The molecule has 0 N–H and O–H groups in total. The Hall–Kier alpha value is -4.22. The Morgan fingerprint density at radius 3 is 2.22 bits per heavy atom. The van der Waals surface area contributed by atoms with Crippen LogP contribution in [0.15, 0.2) is 72.8 Å². The number of alkyl halides is 3. The summed E-state index contributed by atoms with van der Waals surface area (Å²) in [5.74, 6) is 7.06. The normalized spacial score (nSPS) is 13.8. The van der Waals surface area contributed by atoms with E-state index < -0.39 is 17.7 Å². The van der Waals surface area contributed by atoms with Gasteiger partial charge in [-0.3, -0.25) is 4.90 Å². The van der Waals surface area contributed by atoms with Crippen LogP contribution in [0.5, 0.6) is 11.5 Å². The highest BCUT2D eigenvalue weighted by Gasteiger charge is 2.30. The molecule has 0 spiro atoms. The summed E-state index contributed by atoms with van der Waals surface area (Å²) < 4.78 is 55.5. The van der Waals surface area contributed by atoms with Crippen LogP contribution in [0.25, 0.3) is 5.57 Å². The van der Waals surface area contributed by atoms with Crippen LogP contribution in [-0.4, -0.2) is 50.8 Å². The lowest BCUT2D eigenvalue weighted by Crippen LogP contribution is -2.18. The summed E-state index contributed by atoms with van der Waals surface area (Å²) in [6, 6.07) is 18.0. The summed E-state index contributed by atoms with van der Waals surface area (Å²) >= 11 is 0. The van der Waals surface area contributed by atoms with Gasteiger partial charge in [0.25, 0.3) is 0 Å². The zero-order chi connectivity index (χ0) is 29.2. The Labute approximate surface area is 238 Å². The van der Waals surface area contributed by atoms with E-state index in [-0.39, 0.29) is 13.2 Å². The van der Waals surface area contributed by atoms with E-state index in [1.54, 1.807) is 18.2 Å². The molecular weight excluding hydrogens is 531 g/mol. The first-order valence-corrected chi connectivity index (χ1v) is 13.4. The van der Waals surface area contributed by atoms with Crippen LogP contribution in [0.1, 0.15) is 40.7 Å². The molecule has 0 atom stereocenters. The summed E-state index contributed by atoms with van der Waals surface area (Å²) in [5.41, 5.74) is 3.16. The predicted octanol–water partition coefficient (Wildman–Crippen LogP) is 6.52. The highest BCUT2D eigenvalue weighted by Crippen LogP contribution is 2.32. The van der Waals surface area contributed by atoms with Crippen molar-refractivity contribution in [3.8, 4) is 23.3 Å². The zero-order valence-corrected chi connectivity index (χ0v) is 23.1. The van der Waals surface area contributed by atoms with Gasteiger partial charge in [0.05, 0.1) is 19.2 Å². The van der Waals surface area contributed by atoms with Crippen LogP contribution < -0.4 is 9.47 Å². The molecule has 1 saturated heterocycles. The maximum Gasteiger partial charge on any atom is 0.416 e. The van der Waals surface area contributed by atoms with Crippen LogP contribution in [0.3, 0.4) is 0 Å². The monoisotopic (exact) mass is 563 g/mol. The maximum atomic E-state index is 13.2. The van der Waals surface area contributed by atoms with E-state index >= 15 is 0 Å². The van der Waals surface area contributed by atoms with Gasteiger partial charge in [-0.15, -0.1) is 0 Å². The summed E-state index contributed by atoms with van der Waals surface area (Å²) in [6.45, 7) is 4.73. The molecule has 0 aromatic heterocycles. The van der Waals surface area contributed by atoms with Crippen molar-refractivity contribution in [2.24, 2.45) is 0 Å². The maximum absolute atomic E-state index is 13.2. The van der Waals surface area contributed by atoms with E-state index in [0.717, 1.165) is 54.0 Å². The first-order valence-electron chi connectivity index (χ1n) is 13.4. The standard InChI is InChI=1S/C33H32F3NO4/c1-24-22-29(15-16-31(24)41-23-32(38)39-2)40-21-17-30(27-11-13-28(14-12-27)33(34,35)36)26-9-7-25(8-10-26)6-5-20-37-18-3-4-19-37/h7-17,22H,3-4,18-21,23H2,1-2H3/b30-17+. The molecular formula is C33H32F3NO4. The second-order valence-electron chi connectivity index (χ2n) is 9.66. The van der Waals surface area contributed by atoms with Crippen LogP contribution in [-0.2, 0) is 15.7 Å². The molecule has 8 heteroatoms. The fourth-order valence-electron chi connectivity index (χ4n) is 4.46.